The highest BCUT2D eigenvalue weighted by molar-refractivity contribution is 8.03. The Hall–Kier alpha value is 0.140. The summed E-state index contributed by atoms with van der Waals surface area (Å²) in [5.41, 5.74) is 0. The van der Waals surface area contributed by atoms with Gasteiger partial charge in [0.1, 0.15) is 0 Å². The zero-order valence-electron chi connectivity index (χ0n) is 9.24. The van der Waals surface area contributed by atoms with Crippen molar-refractivity contribution >= 4 is 23.5 Å². The summed E-state index contributed by atoms with van der Waals surface area (Å²) in [4.78, 5) is 0. The summed E-state index contributed by atoms with van der Waals surface area (Å²) in [6.07, 6.45) is 2.19. The van der Waals surface area contributed by atoms with Crippen LogP contribution in [0.1, 0.15) is 26.1 Å². The van der Waals surface area contributed by atoms with Crippen LogP contribution in [-0.4, -0.2) is 10.5 Å². The van der Waals surface area contributed by atoms with Gasteiger partial charge in [0.05, 0.1) is 5.75 Å². The zero-order chi connectivity index (χ0) is 10.2. The largest absolute Gasteiger partial charge is 1.00 e. The maximum Gasteiger partial charge on any atom is 0.241 e. The van der Waals surface area contributed by atoms with Crippen LogP contribution in [0.2, 0.25) is 0 Å². The molecule has 1 aliphatic heterocycles. The third-order valence-corrected chi connectivity index (χ3v) is 4.73. The van der Waals surface area contributed by atoms with Gasteiger partial charge < -0.3 is 12.4 Å². The summed E-state index contributed by atoms with van der Waals surface area (Å²) in [6.45, 7) is 6.84. The fraction of sp³-hybridized carbons (Fsp3) is 0.545. The molecular weight excluding hydrogens is 246 g/mol. The highest BCUT2D eigenvalue weighted by Gasteiger charge is 2.34. The van der Waals surface area contributed by atoms with Gasteiger partial charge in [0, 0.05) is 16.9 Å². The fourth-order valence-corrected chi connectivity index (χ4v) is 4.18. The number of hydrogen-bond donors (Lipinski definition) is 0. The molecule has 0 bridgehead atoms. The predicted octanol–water partition coefficient (Wildman–Crippen LogP) is 0.114. The molecule has 0 spiro atoms. The zero-order valence-corrected chi connectivity index (χ0v) is 11.6. The first-order valence-corrected chi connectivity index (χ1v) is 6.73. The highest BCUT2D eigenvalue weighted by atomic mass is 35.5. The van der Waals surface area contributed by atoms with Gasteiger partial charge in [-0.2, -0.15) is 4.57 Å². The number of nitrogens with zero attached hydrogens (tertiary/aromatic N) is 1. The Morgan fingerprint density at radius 3 is 2.80 bits per heavy atom. The van der Waals surface area contributed by atoms with Crippen LogP contribution in [0.4, 0.5) is 0 Å². The monoisotopic (exact) mass is 261 g/mol. The average molecular weight is 262 g/mol. The van der Waals surface area contributed by atoms with Gasteiger partial charge in [0.2, 0.25) is 10.4 Å². The second-order valence-corrected chi connectivity index (χ2v) is 7.49. The van der Waals surface area contributed by atoms with Crippen molar-refractivity contribution in [3.63, 3.8) is 0 Å². The van der Waals surface area contributed by atoms with Crippen molar-refractivity contribution in [1.82, 2.24) is 0 Å². The first kappa shape index (κ1) is 13.2. The normalized spacial score (nSPS) is 19.5. The number of halogens is 1. The molecule has 15 heavy (non-hydrogen) atoms. The molecule has 84 valence electrons. The average Bonchev–Trinajstić information content (AvgIpc) is 2.47. The van der Waals surface area contributed by atoms with Crippen LogP contribution in [0.5, 0.6) is 0 Å². The first-order chi connectivity index (χ1) is 6.56. The fourth-order valence-electron chi connectivity index (χ4n) is 1.54. The minimum atomic E-state index is 0. The minimum absolute atomic E-state index is 0. The molecule has 0 radical (unpaired) electrons. The van der Waals surface area contributed by atoms with E-state index in [0.29, 0.717) is 10.1 Å². The third kappa shape index (κ3) is 3.30. The third-order valence-electron chi connectivity index (χ3n) is 2.02. The summed E-state index contributed by atoms with van der Waals surface area (Å²) in [5, 5.41) is 2.01. The van der Waals surface area contributed by atoms with E-state index < -0.39 is 0 Å². The molecule has 1 nitrogen and oxygen atoms in total. The van der Waals surface area contributed by atoms with E-state index in [2.05, 4.69) is 49.7 Å². The van der Waals surface area contributed by atoms with Crippen molar-refractivity contribution < 1.29 is 17.0 Å². The Bertz CT molecular complexity index is 336. The van der Waals surface area contributed by atoms with E-state index in [-0.39, 0.29) is 12.4 Å². The lowest BCUT2D eigenvalue weighted by atomic mass is 10.3. The molecule has 2 rings (SSSR count). The lowest BCUT2D eigenvalue weighted by Gasteiger charge is -2.18. The van der Waals surface area contributed by atoms with E-state index in [4.69, 9.17) is 0 Å². The Balaban J connectivity index is 0.00000112. The van der Waals surface area contributed by atoms with Crippen LogP contribution < -0.4 is 17.0 Å². The number of aromatic nitrogens is 1. The molecule has 0 saturated carbocycles. The quantitative estimate of drug-likeness (QED) is 0.661. The van der Waals surface area contributed by atoms with Crippen molar-refractivity contribution in [2.75, 3.05) is 5.75 Å². The molecular formula is C11H16ClNS2. The summed E-state index contributed by atoms with van der Waals surface area (Å²) in [7, 11) is 0. The molecule has 4 heteroatoms. The summed E-state index contributed by atoms with van der Waals surface area (Å²) in [6, 6.07) is 6.43. The second kappa shape index (κ2) is 4.98. The van der Waals surface area contributed by atoms with Gasteiger partial charge in [-0.1, -0.05) is 32.5 Å². The number of thioether (sulfide) groups is 2. The van der Waals surface area contributed by atoms with Crippen LogP contribution in [-0.2, 0) is 0 Å². The number of fused-ring (bicyclic) bond motifs is 1. The van der Waals surface area contributed by atoms with Gasteiger partial charge in [-0.15, -0.1) is 0 Å². The molecule has 0 fully saturated rings. The standard InChI is InChI=1S/C11H16NS2.ClH/c1-11(2,3)14-10-8-13-9-6-4-5-7-12(9)10;/h4-7,10H,8H2,1-3H3;1H/q+1;/p-1. The Morgan fingerprint density at radius 2 is 2.13 bits per heavy atom. The van der Waals surface area contributed by atoms with E-state index in [1.807, 2.05) is 23.5 Å². The summed E-state index contributed by atoms with van der Waals surface area (Å²) < 4.78 is 2.73. The molecule has 0 amide bonds. The molecule has 0 saturated heterocycles. The maximum atomic E-state index is 2.39. The van der Waals surface area contributed by atoms with E-state index in [1.165, 1.54) is 10.8 Å². The lowest BCUT2D eigenvalue weighted by Crippen LogP contribution is -3.00. The molecule has 1 aliphatic rings. The van der Waals surface area contributed by atoms with Crippen LogP contribution in [0.3, 0.4) is 0 Å². The molecule has 2 heterocycles. The minimum Gasteiger partial charge on any atom is -1.00 e. The summed E-state index contributed by atoms with van der Waals surface area (Å²) >= 11 is 4.01. The smallest absolute Gasteiger partial charge is 0.241 e. The van der Waals surface area contributed by atoms with E-state index in [0.717, 1.165) is 0 Å². The number of pyridine rings is 1. The Kier molecular flexibility index (Phi) is 4.38. The van der Waals surface area contributed by atoms with Crippen molar-refractivity contribution in [1.29, 1.82) is 0 Å². The van der Waals surface area contributed by atoms with Gasteiger partial charge in [0.15, 0.2) is 6.20 Å². The van der Waals surface area contributed by atoms with Gasteiger partial charge in [-0.3, -0.25) is 0 Å². The molecule has 0 aliphatic carbocycles. The molecule has 1 atom stereocenters. The van der Waals surface area contributed by atoms with Crippen molar-refractivity contribution in [2.24, 2.45) is 0 Å². The van der Waals surface area contributed by atoms with E-state index in [1.54, 1.807) is 0 Å². The van der Waals surface area contributed by atoms with Gasteiger partial charge in [0.25, 0.3) is 0 Å². The van der Waals surface area contributed by atoms with E-state index in [9.17, 15) is 0 Å². The predicted molar refractivity (Wildman–Crippen MR) is 63.7 cm³/mol. The topological polar surface area (TPSA) is 3.88 Å². The van der Waals surface area contributed by atoms with Crippen LogP contribution in [0.15, 0.2) is 29.4 Å². The number of hydrogen-bond acceptors (Lipinski definition) is 2. The van der Waals surface area contributed by atoms with Crippen molar-refractivity contribution in [3.05, 3.63) is 24.4 Å². The van der Waals surface area contributed by atoms with Crippen LogP contribution >= 0.6 is 23.5 Å². The van der Waals surface area contributed by atoms with Crippen LogP contribution in [0, 0.1) is 0 Å². The first-order valence-electron chi connectivity index (χ1n) is 4.87. The highest BCUT2D eigenvalue weighted by Crippen LogP contribution is 2.39. The van der Waals surface area contributed by atoms with Gasteiger partial charge >= 0.3 is 0 Å². The summed E-state index contributed by atoms with van der Waals surface area (Å²) in [5.74, 6) is 1.20. The molecule has 0 N–H and O–H groups in total. The maximum absolute atomic E-state index is 2.39. The molecule has 1 aromatic heterocycles. The number of rotatable bonds is 1. The SMILES string of the molecule is CC(C)(C)SC1CSc2cccc[n+]21.[Cl-]. The van der Waals surface area contributed by atoms with Gasteiger partial charge in [-0.05, 0) is 17.8 Å². The van der Waals surface area contributed by atoms with Crippen molar-refractivity contribution in [2.45, 2.75) is 35.9 Å². The Morgan fingerprint density at radius 1 is 1.40 bits per heavy atom. The van der Waals surface area contributed by atoms with Crippen molar-refractivity contribution in [3.8, 4) is 0 Å². The van der Waals surface area contributed by atoms with Crippen LogP contribution in [0.25, 0.3) is 0 Å². The lowest BCUT2D eigenvalue weighted by molar-refractivity contribution is -0.726. The van der Waals surface area contributed by atoms with E-state index >= 15 is 0 Å². The van der Waals surface area contributed by atoms with Gasteiger partial charge in [-0.25, -0.2) is 0 Å². The molecule has 1 aromatic rings. The second-order valence-electron chi connectivity index (χ2n) is 4.44. The Labute approximate surface area is 106 Å². The molecule has 0 aromatic carbocycles. The molecule has 1 unspecified atom stereocenters.